The van der Waals surface area contributed by atoms with Crippen LogP contribution in [0.2, 0.25) is 0 Å². The van der Waals surface area contributed by atoms with E-state index in [1.165, 1.54) is 37.9 Å². The van der Waals surface area contributed by atoms with Gasteiger partial charge in [0.15, 0.2) is 0 Å². The van der Waals surface area contributed by atoms with Crippen LogP contribution in [0.25, 0.3) is 0 Å². The predicted octanol–water partition coefficient (Wildman–Crippen LogP) is 4.36. The molecule has 1 aliphatic carbocycles. The third kappa shape index (κ3) is 2.94. The molecule has 1 saturated carbocycles. The molecule has 3 unspecified atom stereocenters. The molecule has 1 aromatic carbocycles. The second-order valence-electron chi connectivity index (χ2n) is 8.97. The number of ether oxygens (including phenoxy) is 2. The van der Waals surface area contributed by atoms with E-state index in [1.54, 1.807) is 0 Å². The summed E-state index contributed by atoms with van der Waals surface area (Å²) >= 11 is 0. The van der Waals surface area contributed by atoms with Gasteiger partial charge in [0.1, 0.15) is 5.60 Å². The summed E-state index contributed by atoms with van der Waals surface area (Å²) in [5, 5.41) is 0. The molecular weight excluding hydrogens is 310 g/mol. The van der Waals surface area contributed by atoms with Crippen LogP contribution in [0.15, 0.2) is 30.3 Å². The van der Waals surface area contributed by atoms with Crippen molar-refractivity contribution in [1.82, 2.24) is 4.90 Å². The lowest BCUT2D eigenvalue weighted by molar-refractivity contribution is -0.331. The molecule has 3 heterocycles. The Bertz CT molecular complexity index is 595. The molecule has 5 rings (SSSR count). The molecule has 2 bridgehead atoms. The van der Waals surface area contributed by atoms with Crippen molar-refractivity contribution < 1.29 is 9.47 Å². The summed E-state index contributed by atoms with van der Waals surface area (Å²) in [5.74, 6) is 0.557. The predicted molar refractivity (Wildman–Crippen MR) is 101 cm³/mol. The zero-order valence-corrected chi connectivity index (χ0v) is 16.1. The van der Waals surface area contributed by atoms with Crippen LogP contribution in [0.1, 0.15) is 58.4 Å². The maximum Gasteiger partial charge on any atom is 0.122 e. The van der Waals surface area contributed by atoms with Gasteiger partial charge in [-0.15, -0.1) is 0 Å². The maximum atomic E-state index is 6.78. The molecule has 138 valence electrons. The smallest absolute Gasteiger partial charge is 0.122 e. The third-order valence-electron chi connectivity index (χ3n) is 7.02. The van der Waals surface area contributed by atoms with Crippen molar-refractivity contribution in [3.8, 4) is 0 Å². The van der Waals surface area contributed by atoms with Gasteiger partial charge in [0.2, 0.25) is 0 Å². The first-order chi connectivity index (χ1) is 12.0. The first-order valence-corrected chi connectivity index (χ1v) is 10.1. The van der Waals surface area contributed by atoms with Crippen LogP contribution in [-0.2, 0) is 15.1 Å². The van der Waals surface area contributed by atoms with Crippen molar-refractivity contribution in [3.05, 3.63) is 35.9 Å². The molecule has 0 aromatic heterocycles. The highest BCUT2D eigenvalue weighted by molar-refractivity contribution is 5.30. The normalized spacial score (nSPS) is 37.5. The lowest BCUT2D eigenvalue weighted by Crippen LogP contribution is -2.67. The minimum Gasteiger partial charge on any atom is -0.366 e. The third-order valence-corrected chi connectivity index (χ3v) is 7.02. The van der Waals surface area contributed by atoms with Gasteiger partial charge >= 0.3 is 0 Å². The Labute approximate surface area is 152 Å². The van der Waals surface area contributed by atoms with Gasteiger partial charge in [-0.2, -0.15) is 0 Å². The number of hydrogen-bond donors (Lipinski definition) is 0. The molecule has 3 heteroatoms. The van der Waals surface area contributed by atoms with E-state index in [9.17, 15) is 0 Å². The lowest BCUT2D eigenvalue weighted by Gasteiger charge is -2.63. The van der Waals surface area contributed by atoms with E-state index < -0.39 is 0 Å². The Morgan fingerprint density at radius 2 is 1.84 bits per heavy atom. The highest BCUT2D eigenvalue weighted by atomic mass is 16.6. The number of hydrogen-bond acceptors (Lipinski definition) is 3. The number of rotatable bonds is 5. The monoisotopic (exact) mass is 343 g/mol. The topological polar surface area (TPSA) is 21.7 Å². The van der Waals surface area contributed by atoms with Gasteiger partial charge in [0.05, 0.1) is 17.8 Å². The number of benzene rings is 1. The molecule has 25 heavy (non-hydrogen) atoms. The Balaban J connectivity index is 1.61. The highest BCUT2D eigenvalue weighted by Gasteiger charge is 2.63. The standard InChI is InChI=1S/C22H33NO2/c1-20(2)19-11-12-21(3,25-20)22(17-19,18-9-5-4-6-10-18)24-16-15-23-13-7-8-14-23/h4-6,9-10,19H,7-8,11-17H2,1-3H3. The van der Waals surface area contributed by atoms with Crippen LogP contribution in [0.4, 0.5) is 0 Å². The van der Waals surface area contributed by atoms with E-state index in [1.807, 2.05) is 0 Å². The summed E-state index contributed by atoms with van der Waals surface area (Å²) < 4.78 is 13.5. The van der Waals surface area contributed by atoms with E-state index in [0.717, 1.165) is 26.0 Å². The van der Waals surface area contributed by atoms with Crippen LogP contribution in [0, 0.1) is 5.92 Å². The Morgan fingerprint density at radius 3 is 2.48 bits per heavy atom. The Hall–Kier alpha value is -0.900. The molecule has 3 nitrogen and oxygen atoms in total. The first kappa shape index (κ1) is 17.5. The van der Waals surface area contributed by atoms with Gasteiger partial charge in [-0.25, -0.2) is 0 Å². The molecular formula is C22H33NO2. The number of likely N-dealkylation sites (tertiary alicyclic amines) is 1. The molecule has 0 N–H and O–H groups in total. The average molecular weight is 344 g/mol. The molecule has 0 radical (unpaired) electrons. The summed E-state index contributed by atoms with van der Waals surface area (Å²) in [6.45, 7) is 11.1. The van der Waals surface area contributed by atoms with E-state index in [-0.39, 0.29) is 16.8 Å². The van der Waals surface area contributed by atoms with Crippen LogP contribution in [-0.4, -0.2) is 42.3 Å². The molecule has 1 aromatic rings. The van der Waals surface area contributed by atoms with Crippen molar-refractivity contribution in [2.75, 3.05) is 26.2 Å². The lowest BCUT2D eigenvalue weighted by atomic mass is 9.58. The summed E-state index contributed by atoms with van der Waals surface area (Å²) in [4.78, 5) is 2.53. The first-order valence-electron chi connectivity index (χ1n) is 10.1. The molecule has 3 aliphatic heterocycles. The summed E-state index contributed by atoms with van der Waals surface area (Å²) in [7, 11) is 0. The number of nitrogens with zero attached hydrogens (tertiary/aromatic N) is 1. The van der Waals surface area contributed by atoms with Gasteiger partial charge in [-0.05, 0) is 77.4 Å². The molecule has 0 spiro atoms. The summed E-state index contributed by atoms with van der Waals surface area (Å²) in [6.07, 6.45) is 6.07. The van der Waals surface area contributed by atoms with Crippen LogP contribution < -0.4 is 0 Å². The van der Waals surface area contributed by atoms with Gasteiger partial charge in [-0.3, -0.25) is 0 Å². The van der Waals surface area contributed by atoms with Gasteiger partial charge < -0.3 is 14.4 Å². The fraction of sp³-hybridized carbons (Fsp3) is 0.727. The average Bonchev–Trinajstić information content (AvgIpc) is 3.09. The Kier molecular flexibility index (Phi) is 4.46. The molecule has 3 saturated heterocycles. The van der Waals surface area contributed by atoms with E-state index in [2.05, 4.69) is 56.0 Å². The van der Waals surface area contributed by atoms with Gasteiger partial charge in [0, 0.05) is 6.54 Å². The van der Waals surface area contributed by atoms with Crippen molar-refractivity contribution in [2.45, 2.75) is 69.7 Å². The van der Waals surface area contributed by atoms with E-state index in [0.29, 0.717) is 5.92 Å². The van der Waals surface area contributed by atoms with E-state index in [4.69, 9.17) is 9.47 Å². The zero-order valence-electron chi connectivity index (χ0n) is 16.1. The molecule has 3 atom stereocenters. The molecule has 4 aliphatic rings. The molecule has 0 amide bonds. The van der Waals surface area contributed by atoms with Crippen molar-refractivity contribution in [3.63, 3.8) is 0 Å². The van der Waals surface area contributed by atoms with Gasteiger partial charge in [0.25, 0.3) is 0 Å². The summed E-state index contributed by atoms with van der Waals surface area (Å²) in [6, 6.07) is 10.8. The van der Waals surface area contributed by atoms with Crippen LogP contribution in [0.3, 0.4) is 0 Å². The second-order valence-corrected chi connectivity index (χ2v) is 8.97. The molecule has 4 fully saturated rings. The van der Waals surface area contributed by atoms with Crippen molar-refractivity contribution in [2.24, 2.45) is 5.92 Å². The van der Waals surface area contributed by atoms with E-state index >= 15 is 0 Å². The summed E-state index contributed by atoms with van der Waals surface area (Å²) in [5.41, 5.74) is 0.673. The van der Waals surface area contributed by atoms with Gasteiger partial charge in [-0.1, -0.05) is 30.3 Å². The Morgan fingerprint density at radius 1 is 1.12 bits per heavy atom. The minimum absolute atomic E-state index is 0.0520. The van der Waals surface area contributed by atoms with Crippen molar-refractivity contribution in [1.29, 1.82) is 0 Å². The highest BCUT2D eigenvalue weighted by Crippen LogP contribution is 2.59. The largest absolute Gasteiger partial charge is 0.366 e. The minimum atomic E-state index is -0.313. The second kappa shape index (κ2) is 6.37. The van der Waals surface area contributed by atoms with Crippen molar-refractivity contribution >= 4 is 0 Å². The van der Waals surface area contributed by atoms with Crippen LogP contribution in [0.5, 0.6) is 0 Å². The van der Waals surface area contributed by atoms with Crippen LogP contribution >= 0.6 is 0 Å². The number of fused-ring (bicyclic) bond motifs is 3. The SMILES string of the molecule is CC1(C)OC2(C)CCC1CC2(OCCN1CCCC1)c1ccccc1. The maximum absolute atomic E-state index is 6.78. The zero-order chi connectivity index (χ0) is 17.5. The quantitative estimate of drug-likeness (QED) is 0.793. The fourth-order valence-electron chi connectivity index (χ4n) is 5.49. The fourth-order valence-corrected chi connectivity index (χ4v) is 5.49.